The van der Waals surface area contributed by atoms with Crippen LogP contribution >= 0.6 is 0 Å². The van der Waals surface area contributed by atoms with Crippen LogP contribution in [-0.2, 0) is 14.4 Å². The molecule has 0 aliphatic heterocycles. The van der Waals surface area contributed by atoms with Crippen molar-refractivity contribution in [2.75, 3.05) is 6.26 Å². The number of oxime groups is 1. The van der Waals surface area contributed by atoms with E-state index >= 15 is 0 Å². The maximum Gasteiger partial charge on any atom is 0.325 e. The maximum absolute atomic E-state index is 10.2. The zero-order valence-corrected chi connectivity index (χ0v) is 6.34. The number of nitriles is 1. The van der Waals surface area contributed by atoms with E-state index in [2.05, 4.69) is 9.44 Å². The summed E-state index contributed by atoms with van der Waals surface area (Å²) in [6, 6.07) is 1.60. The molecule has 0 fully saturated rings. The Bertz CT molecular complexity index is 271. The van der Waals surface area contributed by atoms with Crippen LogP contribution in [0.3, 0.4) is 0 Å². The second-order valence-electron chi connectivity index (χ2n) is 1.57. The van der Waals surface area contributed by atoms with Crippen LogP contribution in [0.4, 0.5) is 0 Å². The number of nitrogens with zero attached hydrogens (tertiary/aromatic N) is 2. The summed E-state index contributed by atoms with van der Waals surface area (Å²) < 4.78 is 24.3. The van der Waals surface area contributed by atoms with Gasteiger partial charge in [-0.15, -0.1) is 0 Å². The van der Waals surface area contributed by atoms with Crippen LogP contribution in [0.2, 0.25) is 0 Å². The Labute approximate surface area is 59.0 Å². The Hall–Kier alpha value is -1.09. The molecule has 0 bridgehead atoms. The van der Waals surface area contributed by atoms with Crippen LogP contribution in [0.1, 0.15) is 6.92 Å². The van der Waals surface area contributed by atoms with Gasteiger partial charge in [0.25, 0.3) is 0 Å². The lowest BCUT2D eigenvalue weighted by Gasteiger charge is -1.90. The normalized spacial score (nSPS) is 12.3. The van der Waals surface area contributed by atoms with Gasteiger partial charge in [0.15, 0.2) is 5.71 Å². The van der Waals surface area contributed by atoms with E-state index in [0.717, 1.165) is 6.26 Å². The first kappa shape index (κ1) is 8.91. The third kappa shape index (κ3) is 5.05. The van der Waals surface area contributed by atoms with Gasteiger partial charge in [0, 0.05) is 0 Å². The highest BCUT2D eigenvalue weighted by Crippen LogP contribution is 1.87. The first-order valence-corrected chi connectivity index (χ1v) is 4.10. The van der Waals surface area contributed by atoms with Crippen molar-refractivity contribution in [1.82, 2.24) is 0 Å². The molecule has 6 heteroatoms. The smallest absolute Gasteiger partial charge is 0.268 e. The summed E-state index contributed by atoms with van der Waals surface area (Å²) in [5, 5.41) is 11.1. The molecule has 0 amide bonds. The average Bonchev–Trinajstić information content (AvgIpc) is 1.81. The Morgan fingerprint density at radius 3 is 2.50 bits per heavy atom. The van der Waals surface area contributed by atoms with Crippen molar-refractivity contribution in [3.8, 4) is 6.07 Å². The molecule has 0 atom stereocenters. The number of hydrogen-bond donors (Lipinski definition) is 0. The summed E-state index contributed by atoms with van der Waals surface area (Å²) >= 11 is 0. The Morgan fingerprint density at radius 2 is 2.20 bits per heavy atom. The molecule has 0 aromatic carbocycles. The summed E-state index contributed by atoms with van der Waals surface area (Å²) in [6.45, 7) is 1.34. The Morgan fingerprint density at radius 1 is 1.70 bits per heavy atom. The highest BCUT2D eigenvalue weighted by molar-refractivity contribution is 7.85. The van der Waals surface area contributed by atoms with E-state index in [4.69, 9.17) is 5.26 Å². The van der Waals surface area contributed by atoms with Gasteiger partial charge in [-0.2, -0.15) is 13.7 Å². The minimum Gasteiger partial charge on any atom is -0.268 e. The predicted molar refractivity (Wildman–Crippen MR) is 34.7 cm³/mol. The molecular formula is C4H6N2O3S. The third-order valence-corrected chi connectivity index (χ3v) is 0.817. The second kappa shape index (κ2) is 3.17. The van der Waals surface area contributed by atoms with Crippen LogP contribution in [0.5, 0.6) is 0 Å². The number of rotatable bonds is 2. The maximum atomic E-state index is 10.2. The predicted octanol–water partition coefficient (Wildman–Crippen LogP) is -0.138. The summed E-state index contributed by atoms with van der Waals surface area (Å²) in [4.78, 5) is 0. The molecule has 0 heterocycles. The van der Waals surface area contributed by atoms with E-state index < -0.39 is 10.1 Å². The standard InChI is InChI=1S/C4H6N2O3S/c1-4(3-5)6-9-10(2,7)8/h1-2H3/b6-4-. The van der Waals surface area contributed by atoms with E-state index in [1.807, 2.05) is 0 Å². The topological polar surface area (TPSA) is 79.5 Å². The van der Waals surface area contributed by atoms with Crippen LogP contribution in [0, 0.1) is 11.3 Å². The van der Waals surface area contributed by atoms with Gasteiger partial charge < -0.3 is 0 Å². The van der Waals surface area contributed by atoms with E-state index in [1.54, 1.807) is 6.07 Å². The lowest BCUT2D eigenvalue weighted by atomic mass is 10.5. The quantitative estimate of drug-likeness (QED) is 0.418. The average molecular weight is 162 g/mol. The molecule has 56 valence electrons. The molecular weight excluding hydrogens is 156 g/mol. The molecule has 0 aromatic heterocycles. The highest BCUT2D eigenvalue weighted by atomic mass is 32.2. The van der Waals surface area contributed by atoms with Crippen molar-refractivity contribution in [3.63, 3.8) is 0 Å². The zero-order chi connectivity index (χ0) is 8.20. The van der Waals surface area contributed by atoms with Crippen molar-refractivity contribution in [2.45, 2.75) is 6.92 Å². The number of hydrogen-bond acceptors (Lipinski definition) is 5. The fraction of sp³-hybridized carbons (Fsp3) is 0.500. The molecule has 0 radical (unpaired) electrons. The summed E-state index contributed by atoms with van der Waals surface area (Å²) in [7, 11) is -3.57. The minimum atomic E-state index is -3.57. The Balaban J connectivity index is 4.15. The molecule has 0 aliphatic carbocycles. The van der Waals surface area contributed by atoms with Gasteiger partial charge in [-0.05, 0) is 6.92 Å². The minimum absolute atomic E-state index is 0.0366. The van der Waals surface area contributed by atoms with Crippen molar-refractivity contribution in [3.05, 3.63) is 0 Å². The Kier molecular flexibility index (Phi) is 2.83. The van der Waals surface area contributed by atoms with Crippen molar-refractivity contribution in [1.29, 1.82) is 5.26 Å². The fourth-order valence-corrected chi connectivity index (χ4v) is 0.391. The lowest BCUT2D eigenvalue weighted by Crippen LogP contribution is -1.98. The van der Waals surface area contributed by atoms with Crippen LogP contribution in [0.25, 0.3) is 0 Å². The third-order valence-electron chi connectivity index (χ3n) is 0.471. The van der Waals surface area contributed by atoms with Crippen molar-refractivity contribution >= 4 is 15.8 Å². The molecule has 0 unspecified atom stereocenters. The van der Waals surface area contributed by atoms with Gasteiger partial charge in [-0.25, -0.2) is 0 Å². The molecule has 10 heavy (non-hydrogen) atoms. The van der Waals surface area contributed by atoms with Crippen LogP contribution in [-0.4, -0.2) is 20.4 Å². The van der Waals surface area contributed by atoms with Gasteiger partial charge in [-0.1, -0.05) is 5.16 Å². The van der Waals surface area contributed by atoms with Gasteiger partial charge in [0.2, 0.25) is 0 Å². The molecule has 0 saturated carbocycles. The molecule has 0 aromatic rings. The largest absolute Gasteiger partial charge is 0.325 e. The van der Waals surface area contributed by atoms with Crippen molar-refractivity contribution < 1.29 is 12.7 Å². The van der Waals surface area contributed by atoms with Gasteiger partial charge in [0.05, 0.1) is 6.26 Å². The van der Waals surface area contributed by atoms with Crippen molar-refractivity contribution in [2.24, 2.45) is 5.16 Å². The molecule has 0 spiro atoms. The van der Waals surface area contributed by atoms with Gasteiger partial charge >= 0.3 is 10.1 Å². The summed E-state index contributed by atoms with van der Waals surface area (Å²) in [6.07, 6.45) is 0.848. The van der Waals surface area contributed by atoms with Gasteiger partial charge in [0.1, 0.15) is 6.07 Å². The molecule has 0 rings (SSSR count). The van der Waals surface area contributed by atoms with Crippen LogP contribution < -0.4 is 0 Å². The van der Waals surface area contributed by atoms with Gasteiger partial charge in [-0.3, -0.25) is 4.28 Å². The SMILES string of the molecule is C/C(C#N)=N/OS(C)(=O)=O. The first-order valence-electron chi connectivity index (χ1n) is 2.29. The van der Waals surface area contributed by atoms with E-state index in [-0.39, 0.29) is 5.71 Å². The van der Waals surface area contributed by atoms with E-state index in [0.29, 0.717) is 0 Å². The zero-order valence-electron chi connectivity index (χ0n) is 5.53. The highest BCUT2D eigenvalue weighted by Gasteiger charge is 1.98. The fourth-order valence-electron chi connectivity index (χ4n) is 0.144. The van der Waals surface area contributed by atoms with Crippen LogP contribution in [0.15, 0.2) is 5.16 Å². The summed E-state index contributed by atoms with van der Waals surface area (Å²) in [5.41, 5.74) is -0.0366. The molecule has 5 nitrogen and oxygen atoms in total. The molecule has 0 aliphatic rings. The molecule has 0 N–H and O–H groups in total. The van der Waals surface area contributed by atoms with E-state index in [9.17, 15) is 8.42 Å². The second-order valence-corrected chi connectivity index (χ2v) is 3.12. The lowest BCUT2D eigenvalue weighted by molar-refractivity contribution is 0.343. The van der Waals surface area contributed by atoms with E-state index in [1.165, 1.54) is 6.92 Å². The summed E-state index contributed by atoms with van der Waals surface area (Å²) in [5.74, 6) is 0. The molecule has 0 saturated heterocycles. The first-order chi connectivity index (χ1) is 4.45. The monoisotopic (exact) mass is 162 g/mol.